The minimum absolute atomic E-state index is 0.0875. The van der Waals surface area contributed by atoms with Gasteiger partial charge in [-0.1, -0.05) is 13.8 Å². The molecule has 0 aliphatic heterocycles. The zero-order valence-corrected chi connectivity index (χ0v) is 12.6. The van der Waals surface area contributed by atoms with E-state index in [9.17, 15) is 14.7 Å². The van der Waals surface area contributed by atoms with Crippen LogP contribution in [-0.4, -0.2) is 29.2 Å². The number of nitrogens with zero attached hydrogens (tertiary/aromatic N) is 1. The summed E-state index contributed by atoms with van der Waals surface area (Å²) in [6, 6.07) is -0.523. The molecule has 0 atom stereocenters. The number of hydrogen-bond acceptors (Lipinski definition) is 4. The number of anilines is 1. The van der Waals surface area contributed by atoms with Crippen LogP contribution in [0.15, 0.2) is 0 Å². The zero-order chi connectivity index (χ0) is 15.1. The van der Waals surface area contributed by atoms with E-state index < -0.39 is 12.0 Å². The van der Waals surface area contributed by atoms with Crippen molar-refractivity contribution in [2.24, 2.45) is 11.3 Å². The van der Waals surface area contributed by atoms with Crippen LogP contribution in [0.2, 0.25) is 0 Å². The minimum atomic E-state index is -1.00. The van der Waals surface area contributed by atoms with Crippen LogP contribution < -0.4 is 11.2 Å². The molecule has 0 spiro atoms. The van der Waals surface area contributed by atoms with Gasteiger partial charge in [0.15, 0.2) is 0 Å². The topological polar surface area (TPSA) is 95.7 Å². The average Bonchev–Trinajstić information content (AvgIpc) is 2.64. The number of amides is 2. The Hall–Kier alpha value is -1.60. The van der Waals surface area contributed by atoms with Gasteiger partial charge in [-0.05, 0) is 30.2 Å². The van der Waals surface area contributed by atoms with Crippen LogP contribution in [0.5, 0.6) is 0 Å². The molecule has 1 aliphatic rings. The molecule has 0 radical (unpaired) electrons. The lowest BCUT2D eigenvalue weighted by atomic mass is 9.76. The Kier molecular flexibility index (Phi) is 3.75. The number of carboxylic acid groups (broad SMARTS) is 1. The van der Waals surface area contributed by atoms with Crippen molar-refractivity contribution in [1.29, 1.82) is 0 Å². The highest BCUT2D eigenvalue weighted by molar-refractivity contribution is 7.17. The maximum atomic E-state index is 11.6. The van der Waals surface area contributed by atoms with Gasteiger partial charge < -0.3 is 5.11 Å². The van der Waals surface area contributed by atoms with E-state index in [0.717, 1.165) is 34.7 Å². The number of thiophene rings is 1. The molecule has 110 valence electrons. The van der Waals surface area contributed by atoms with E-state index in [4.69, 9.17) is 5.84 Å². The van der Waals surface area contributed by atoms with Gasteiger partial charge in [-0.15, -0.1) is 11.3 Å². The third-order valence-electron chi connectivity index (χ3n) is 3.53. The first-order chi connectivity index (χ1) is 9.21. The Morgan fingerprint density at radius 1 is 1.45 bits per heavy atom. The standard InChI is InChI=1S/C13H19N3O3S/c1-13(2)5-4-8-7(6-13)9(11(17)18)10(20-8)15-12(19)16(3)14/h4-6,14H2,1-3H3,(H,15,19)(H,17,18). The Morgan fingerprint density at radius 2 is 2.10 bits per heavy atom. The van der Waals surface area contributed by atoms with E-state index in [1.807, 2.05) is 0 Å². The number of urea groups is 1. The number of hydrogen-bond donors (Lipinski definition) is 3. The van der Waals surface area contributed by atoms with Crippen molar-refractivity contribution >= 4 is 28.3 Å². The molecule has 0 fully saturated rings. The van der Waals surface area contributed by atoms with Crippen molar-refractivity contribution in [2.45, 2.75) is 33.1 Å². The van der Waals surface area contributed by atoms with E-state index in [-0.39, 0.29) is 11.0 Å². The number of carboxylic acids is 1. The molecule has 7 heteroatoms. The fourth-order valence-electron chi connectivity index (χ4n) is 2.42. The molecule has 6 nitrogen and oxygen atoms in total. The summed E-state index contributed by atoms with van der Waals surface area (Å²) < 4.78 is 0. The predicted molar refractivity (Wildman–Crippen MR) is 78.1 cm³/mol. The number of aromatic carboxylic acids is 1. The number of nitrogens with two attached hydrogens (primary N) is 1. The van der Waals surface area contributed by atoms with Gasteiger partial charge in [0, 0.05) is 11.9 Å². The molecule has 1 heterocycles. The lowest BCUT2D eigenvalue weighted by Gasteiger charge is -2.29. The molecule has 1 aromatic rings. The summed E-state index contributed by atoms with van der Waals surface area (Å²) in [5, 5.41) is 13.3. The van der Waals surface area contributed by atoms with Crippen LogP contribution in [0.1, 0.15) is 41.1 Å². The molecular formula is C13H19N3O3S. The molecule has 1 aromatic heterocycles. The van der Waals surface area contributed by atoms with Gasteiger partial charge >= 0.3 is 12.0 Å². The van der Waals surface area contributed by atoms with Crippen LogP contribution >= 0.6 is 11.3 Å². The first-order valence-electron chi connectivity index (χ1n) is 6.38. The Labute approximate surface area is 121 Å². The molecule has 2 rings (SSSR count). The van der Waals surface area contributed by atoms with Crippen molar-refractivity contribution in [3.05, 3.63) is 16.0 Å². The molecule has 0 saturated heterocycles. The third kappa shape index (κ3) is 2.78. The van der Waals surface area contributed by atoms with Crippen LogP contribution in [0.25, 0.3) is 0 Å². The molecule has 0 saturated carbocycles. The average molecular weight is 297 g/mol. The maximum Gasteiger partial charge on any atom is 0.339 e. The lowest BCUT2D eigenvalue weighted by molar-refractivity contribution is 0.0696. The maximum absolute atomic E-state index is 11.6. The number of nitrogens with one attached hydrogen (secondary N) is 1. The van der Waals surface area contributed by atoms with E-state index in [1.165, 1.54) is 18.4 Å². The van der Waals surface area contributed by atoms with Crippen molar-refractivity contribution in [2.75, 3.05) is 12.4 Å². The molecule has 0 aromatic carbocycles. The highest BCUT2D eigenvalue weighted by Gasteiger charge is 2.33. The fourth-order valence-corrected chi connectivity index (χ4v) is 3.62. The van der Waals surface area contributed by atoms with Gasteiger partial charge in [0.05, 0.1) is 5.56 Å². The SMILES string of the molecule is CN(N)C(=O)Nc1sc2c(c1C(=O)O)CC(C)(C)CC2. The predicted octanol–water partition coefficient (Wildman–Crippen LogP) is 2.30. The quantitative estimate of drug-likeness (QED) is 0.443. The number of rotatable bonds is 2. The van der Waals surface area contributed by atoms with Crippen LogP contribution in [-0.2, 0) is 12.8 Å². The second kappa shape index (κ2) is 5.06. The summed E-state index contributed by atoms with van der Waals surface area (Å²) in [6.07, 6.45) is 2.58. The van der Waals surface area contributed by atoms with Crippen molar-refractivity contribution in [1.82, 2.24) is 5.01 Å². The number of carbonyl (C=O) groups excluding carboxylic acids is 1. The van der Waals surface area contributed by atoms with E-state index in [1.54, 1.807) is 0 Å². The third-order valence-corrected chi connectivity index (χ3v) is 4.74. The zero-order valence-electron chi connectivity index (χ0n) is 11.8. The van der Waals surface area contributed by atoms with Crippen molar-refractivity contribution in [3.63, 3.8) is 0 Å². The van der Waals surface area contributed by atoms with E-state index >= 15 is 0 Å². The molecule has 1 aliphatic carbocycles. The Morgan fingerprint density at radius 3 is 2.65 bits per heavy atom. The Balaban J connectivity index is 2.42. The van der Waals surface area contributed by atoms with Gasteiger partial charge in [-0.2, -0.15) is 0 Å². The van der Waals surface area contributed by atoms with Gasteiger partial charge in [0.25, 0.3) is 0 Å². The summed E-state index contributed by atoms with van der Waals surface area (Å²) in [5.74, 6) is 4.35. The Bertz CT molecular complexity index is 563. The summed E-state index contributed by atoms with van der Waals surface area (Å²) in [5.41, 5.74) is 1.16. The first-order valence-corrected chi connectivity index (χ1v) is 7.20. The van der Waals surface area contributed by atoms with Gasteiger partial charge in [-0.25, -0.2) is 15.4 Å². The number of aryl methyl sites for hydroxylation is 1. The number of carbonyl (C=O) groups is 2. The highest BCUT2D eigenvalue weighted by Crippen LogP contribution is 2.43. The summed E-state index contributed by atoms with van der Waals surface area (Å²) in [7, 11) is 1.41. The minimum Gasteiger partial charge on any atom is -0.478 e. The largest absolute Gasteiger partial charge is 0.478 e. The summed E-state index contributed by atoms with van der Waals surface area (Å²) >= 11 is 1.34. The monoisotopic (exact) mass is 297 g/mol. The molecule has 4 N–H and O–H groups in total. The second-order valence-corrected chi connectivity index (χ2v) is 7.00. The molecule has 2 amide bonds. The normalized spacial score (nSPS) is 16.4. The van der Waals surface area contributed by atoms with Gasteiger partial charge in [0.2, 0.25) is 0 Å². The second-order valence-electron chi connectivity index (χ2n) is 5.90. The summed E-state index contributed by atoms with van der Waals surface area (Å²) in [6.45, 7) is 4.26. The molecular weight excluding hydrogens is 278 g/mol. The summed E-state index contributed by atoms with van der Waals surface area (Å²) in [4.78, 5) is 24.2. The van der Waals surface area contributed by atoms with Gasteiger partial charge in [0.1, 0.15) is 5.00 Å². The van der Waals surface area contributed by atoms with E-state index in [2.05, 4.69) is 19.2 Å². The number of fused-ring (bicyclic) bond motifs is 1. The smallest absolute Gasteiger partial charge is 0.339 e. The van der Waals surface area contributed by atoms with Crippen LogP contribution in [0.3, 0.4) is 0 Å². The van der Waals surface area contributed by atoms with Crippen molar-refractivity contribution in [3.8, 4) is 0 Å². The first kappa shape index (κ1) is 14.8. The molecule has 0 bridgehead atoms. The van der Waals surface area contributed by atoms with Crippen molar-refractivity contribution < 1.29 is 14.7 Å². The van der Waals surface area contributed by atoms with Crippen LogP contribution in [0, 0.1) is 5.41 Å². The van der Waals surface area contributed by atoms with Crippen LogP contribution in [0.4, 0.5) is 9.80 Å². The highest BCUT2D eigenvalue weighted by atomic mass is 32.1. The van der Waals surface area contributed by atoms with Gasteiger partial charge in [-0.3, -0.25) is 10.3 Å². The fraction of sp³-hybridized carbons (Fsp3) is 0.538. The molecule has 0 unspecified atom stereocenters. The lowest BCUT2D eigenvalue weighted by Crippen LogP contribution is -2.37. The molecule has 20 heavy (non-hydrogen) atoms. The van der Waals surface area contributed by atoms with E-state index in [0.29, 0.717) is 5.00 Å². The number of hydrazine groups is 1.